The van der Waals surface area contributed by atoms with Gasteiger partial charge in [0.2, 0.25) is 0 Å². The summed E-state index contributed by atoms with van der Waals surface area (Å²) in [6.07, 6.45) is 0. The van der Waals surface area contributed by atoms with Crippen molar-refractivity contribution in [1.29, 1.82) is 0 Å². The van der Waals surface area contributed by atoms with Crippen LogP contribution in [0, 0.1) is 0 Å². The fraction of sp³-hybridized carbons (Fsp3) is 0.133. The van der Waals surface area contributed by atoms with Gasteiger partial charge in [-0.25, -0.2) is 0 Å². The first-order valence-corrected chi connectivity index (χ1v) is 11.7. The zero-order valence-corrected chi connectivity index (χ0v) is 20.2. The van der Waals surface area contributed by atoms with Gasteiger partial charge in [0.05, 0.1) is 19.9 Å². The number of benzene rings is 4. The Bertz CT molecular complexity index is 1600. The average Bonchev–Trinajstić information content (AvgIpc) is 3.20. The number of rotatable bonds is 4. The molecule has 178 valence electrons. The van der Waals surface area contributed by atoms with E-state index in [9.17, 15) is 9.59 Å². The van der Waals surface area contributed by atoms with Gasteiger partial charge in [0, 0.05) is 28.4 Å². The van der Waals surface area contributed by atoms with Gasteiger partial charge in [-0.1, -0.05) is 48.5 Å². The van der Waals surface area contributed by atoms with Gasteiger partial charge < -0.3 is 14.8 Å². The van der Waals surface area contributed by atoms with E-state index in [0.717, 1.165) is 33.2 Å². The molecule has 0 spiro atoms. The van der Waals surface area contributed by atoms with E-state index in [0.29, 0.717) is 28.3 Å². The molecule has 36 heavy (non-hydrogen) atoms. The van der Waals surface area contributed by atoms with Crippen LogP contribution in [0.3, 0.4) is 0 Å². The highest BCUT2D eigenvalue weighted by Gasteiger charge is 2.46. The summed E-state index contributed by atoms with van der Waals surface area (Å²) in [5, 5.41) is 5.16. The van der Waals surface area contributed by atoms with Crippen LogP contribution in [0.1, 0.15) is 40.0 Å². The molecule has 1 N–H and O–H groups in total. The molecule has 6 rings (SSSR count). The van der Waals surface area contributed by atoms with Gasteiger partial charge in [-0.3, -0.25) is 14.5 Å². The number of anilines is 1. The maximum atomic E-state index is 14.0. The number of carbonyl (C=O) groups is 2. The van der Waals surface area contributed by atoms with Crippen LogP contribution in [0.5, 0.6) is 11.5 Å². The van der Waals surface area contributed by atoms with Gasteiger partial charge in [0.15, 0.2) is 0 Å². The predicted octanol–water partition coefficient (Wildman–Crippen LogP) is 5.89. The molecule has 6 heteroatoms. The molecular weight excluding hydrogens is 452 g/mol. The second kappa shape index (κ2) is 8.27. The quantitative estimate of drug-likeness (QED) is 0.399. The maximum absolute atomic E-state index is 14.0. The molecule has 0 fully saturated rings. The van der Waals surface area contributed by atoms with Crippen LogP contribution in [0.2, 0.25) is 0 Å². The van der Waals surface area contributed by atoms with Crippen LogP contribution in [0.25, 0.3) is 22.0 Å². The van der Waals surface area contributed by atoms with Crippen LogP contribution in [0.4, 0.5) is 5.69 Å². The standard InChI is InChI=1S/C30H24N2O4/c1-17-26-24(15-21(35-2)16-25(26)36-3)28(32-27(17)22-10-6-7-11-23(22)30(32)34)29(33)31-20-13-12-18-8-4-5-9-19(18)14-20/h4-16,28H,1-3H3,(H,31,33)/t28-/m0/s1. The highest BCUT2D eigenvalue weighted by molar-refractivity contribution is 6.18. The Hall–Kier alpha value is -4.58. The lowest BCUT2D eigenvalue weighted by Crippen LogP contribution is -2.39. The van der Waals surface area contributed by atoms with E-state index >= 15 is 0 Å². The summed E-state index contributed by atoms with van der Waals surface area (Å²) in [7, 11) is 3.16. The van der Waals surface area contributed by atoms with Crippen LogP contribution in [-0.2, 0) is 4.79 Å². The summed E-state index contributed by atoms with van der Waals surface area (Å²) in [6, 6.07) is 23.9. The predicted molar refractivity (Wildman–Crippen MR) is 140 cm³/mol. The van der Waals surface area contributed by atoms with Crippen molar-refractivity contribution >= 4 is 39.5 Å². The Balaban J connectivity index is 1.53. The van der Waals surface area contributed by atoms with E-state index in [1.165, 1.54) is 0 Å². The van der Waals surface area contributed by atoms with Gasteiger partial charge in [-0.2, -0.15) is 0 Å². The molecule has 2 heterocycles. The lowest BCUT2D eigenvalue weighted by atomic mass is 9.86. The first-order valence-electron chi connectivity index (χ1n) is 11.7. The molecule has 0 bridgehead atoms. The minimum absolute atomic E-state index is 0.203. The topological polar surface area (TPSA) is 67.9 Å². The van der Waals surface area contributed by atoms with Gasteiger partial charge in [0.1, 0.15) is 17.5 Å². The van der Waals surface area contributed by atoms with Crippen LogP contribution >= 0.6 is 0 Å². The SMILES string of the molecule is COc1cc(OC)c2c(c1)[C@@H](C(=O)Nc1ccc3ccccc3c1)N1C(=O)c3ccccc3C1=C2C. The van der Waals surface area contributed by atoms with E-state index in [1.807, 2.05) is 73.7 Å². The molecular formula is C30H24N2O4. The number of hydrogen-bond donors (Lipinski definition) is 1. The number of allylic oxidation sites excluding steroid dienone is 1. The van der Waals surface area contributed by atoms with Crippen LogP contribution in [0.15, 0.2) is 78.9 Å². The summed E-state index contributed by atoms with van der Waals surface area (Å²) in [6.45, 7) is 1.96. The highest BCUT2D eigenvalue weighted by atomic mass is 16.5. The van der Waals surface area contributed by atoms with E-state index in [1.54, 1.807) is 31.3 Å². The molecule has 4 aromatic rings. The molecule has 0 unspecified atom stereocenters. The molecule has 0 saturated carbocycles. The number of amides is 2. The first-order chi connectivity index (χ1) is 17.5. The second-order valence-corrected chi connectivity index (χ2v) is 8.94. The number of nitrogens with one attached hydrogen (secondary N) is 1. The van der Waals surface area contributed by atoms with E-state index < -0.39 is 6.04 Å². The number of fused-ring (bicyclic) bond motifs is 5. The maximum Gasteiger partial charge on any atom is 0.260 e. The van der Waals surface area contributed by atoms with Crippen molar-refractivity contribution in [3.05, 3.63) is 101 Å². The third-order valence-corrected chi connectivity index (χ3v) is 6.98. The largest absolute Gasteiger partial charge is 0.497 e. The summed E-state index contributed by atoms with van der Waals surface area (Å²) >= 11 is 0. The van der Waals surface area contributed by atoms with Gasteiger partial charge in [-0.05, 0) is 53.1 Å². The van der Waals surface area contributed by atoms with Gasteiger partial charge in [0.25, 0.3) is 11.8 Å². The van der Waals surface area contributed by atoms with E-state index in [2.05, 4.69) is 5.32 Å². The fourth-order valence-corrected chi connectivity index (χ4v) is 5.37. The molecule has 0 saturated heterocycles. The molecule has 0 aliphatic carbocycles. The van der Waals surface area contributed by atoms with Crippen molar-refractivity contribution in [3.63, 3.8) is 0 Å². The van der Waals surface area contributed by atoms with E-state index in [4.69, 9.17) is 9.47 Å². The Morgan fingerprint density at radius 3 is 2.33 bits per heavy atom. The monoisotopic (exact) mass is 476 g/mol. The van der Waals surface area contributed by atoms with Crippen molar-refractivity contribution in [2.45, 2.75) is 13.0 Å². The molecule has 2 amide bonds. The zero-order valence-electron chi connectivity index (χ0n) is 20.2. The highest BCUT2D eigenvalue weighted by Crippen LogP contribution is 2.52. The number of nitrogens with zero attached hydrogens (tertiary/aromatic N) is 1. The molecule has 2 aliphatic heterocycles. The number of carbonyl (C=O) groups excluding carboxylic acids is 2. The average molecular weight is 477 g/mol. The number of ether oxygens (including phenoxy) is 2. The summed E-state index contributed by atoms with van der Waals surface area (Å²) in [5.74, 6) is 0.628. The molecule has 2 aliphatic rings. The summed E-state index contributed by atoms with van der Waals surface area (Å²) < 4.78 is 11.3. The van der Waals surface area contributed by atoms with E-state index in [-0.39, 0.29) is 11.8 Å². The molecule has 1 atom stereocenters. The summed E-state index contributed by atoms with van der Waals surface area (Å²) in [5.41, 5.74) is 5.11. The van der Waals surface area contributed by atoms with Crippen molar-refractivity contribution in [3.8, 4) is 11.5 Å². The normalized spacial score (nSPS) is 15.9. The zero-order chi connectivity index (χ0) is 25.0. The minimum Gasteiger partial charge on any atom is -0.497 e. The van der Waals surface area contributed by atoms with Gasteiger partial charge in [-0.15, -0.1) is 0 Å². The lowest BCUT2D eigenvalue weighted by Gasteiger charge is -2.36. The summed E-state index contributed by atoms with van der Waals surface area (Å²) in [4.78, 5) is 29.3. The Morgan fingerprint density at radius 1 is 0.861 bits per heavy atom. The molecule has 6 nitrogen and oxygen atoms in total. The fourth-order valence-electron chi connectivity index (χ4n) is 5.37. The Labute approximate surface area is 208 Å². The van der Waals surface area contributed by atoms with Crippen molar-refractivity contribution < 1.29 is 19.1 Å². The third-order valence-electron chi connectivity index (χ3n) is 6.98. The molecule has 0 aromatic heterocycles. The number of methoxy groups -OCH3 is 2. The lowest BCUT2D eigenvalue weighted by molar-refractivity contribution is -0.119. The molecule has 0 radical (unpaired) electrons. The smallest absolute Gasteiger partial charge is 0.260 e. The Morgan fingerprint density at radius 2 is 1.58 bits per heavy atom. The molecule has 4 aromatic carbocycles. The first kappa shape index (κ1) is 21.9. The minimum atomic E-state index is -0.908. The van der Waals surface area contributed by atoms with Crippen LogP contribution < -0.4 is 14.8 Å². The van der Waals surface area contributed by atoms with Crippen molar-refractivity contribution in [2.24, 2.45) is 0 Å². The van der Waals surface area contributed by atoms with Crippen molar-refractivity contribution in [2.75, 3.05) is 19.5 Å². The second-order valence-electron chi connectivity index (χ2n) is 8.94. The third kappa shape index (κ3) is 3.18. The number of hydrogen-bond acceptors (Lipinski definition) is 4. The van der Waals surface area contributed by atoms with Crippen molar-refractivity contribution in [1.82, 2.24) is 4.90 Å². The van der Waals surface area contributed by atoms with Gasteiger partial charge >= 0.3 is 0 Å². The Kier molecular flexibility index (Phi) is 5.04. The van der Waals surface area contributed by atoms with Crippen LogP contribution in [-0.4, -0.2) is 30.9 Å².